The van der Waals surface area contributed by atoms with Gasteiger partial charge in [-0.25, -0.2) is 0 Å². The van der Waals surface area contributed by atoms with Gasteiger partial charge >= 0.3 is 0 Å². The van der Waals surface area contributed by atoms with Gasteiger partial charge in [0.15, 0.2) is 0 Å². The molecule has 1 heterocycles. The molecule has 0 spiro atoms. The Labute approximate surface area is 113 Å². The Morgan fingerprint density at radius 1 is 1.37 bits per heavy atom. The first-order valence-electron chi connectivity index (χ1n) is 6.75. The van der Waals surface area contributed by atoms with Gasteiger partial charge in [-0.2, -0.15) is 0 Å². The Bertz CT molecular complexity index is 299. The molecule has 1 unspecified atom stereocenters. The van der Waals surface area contributed by atoms with Crippen molar-refractivity contribution >= 4 is 11.8 Å². The zero-order chi connectivity index (χ0) is 14.1. The minimum absolute atomic E-state index is 0.0758. The molecular formula is C12H24N4O3. The summed E-state index contributed by atoms with van der Waals surface area (Å²) in [6, 6.07) is -0.385. The number of morpholine rings is 1. The lowest BCUT2D eigenvalue weighted by molar-refractivity contribution is -0.135. The molecule has 1 fully saturated rings. The van der Waals surface area contributed by atoms with E-state index in [9.17, 15) is 9.59 Å². The molecule has 0 aromatic carbocycles. The third-order valence-corrected chi connectivity index (χ3v) is 2.90. The van der Waals surface area contributed by atoms with Crippen molar-refractivity contribution in [1.29, 1.82) is 0 Å². The zero-order valence-electron chi connectivity index (χ0n) is 11.5. The highest BCUT2D eigenvalue weighted by Gasteiger charge is 2.30. The molecule has 1 rings (SSSR count). The van der Waals surface area contributed by atoms with Crippen molar-refractivity contribution < 1.29 is 14.3 Å². The molecule has 0 radical (unpaired) electrons. The van der Waals surface area contributed by atoms with E-state index in [4.69, 9.17) is 10.5 Å². The Hall–Kier alpha value is -1.18. The predicted molar refractivity (Wildman–Crippen MR) is 71.5 cm³/mol. The lowest BCUT2D eigenvalue weighted by atomic mass is 10.2. The van der Waals surface area contributed by atoms with Crippen LogP contribution in [-0.2, 0) is 14.3 Å². The molecule has 1 saturated heterocycles. The van der Waals surface area contributed by atoms with Crippen LogP contribution in [0.1, 0.15) is 13.3 Å². The van der Waals surface area contributed by atoms with Crippen molar-refractivity contribution in [3.8, 4) is 0 Å². The number of rotatable bonds is 7. The Kier molecular flexibility index (Phi) is 7.39. The minimum atomic E-state index is -0.385. The number of amides is 2. The Balaban J connectivity index is 2.47. The molecule has 4 N–H and O–H groups in total. The average Bonchev–Trinajstić information content (AvgIpc) is 2.43. The van der Waals surface area contributed by atoms with Crippen LogP contribution in [0.3, 0.4) is 0 Å². The highest BCUT2D eigenvalue weighted by atomic mass is 16.5. The molecule has 0 aromatic rings. The van der Waals surface area contributed by atoms with Crippen molar-refractivity contribution in [3.63, 3.8) is 0 Å². The molecule has 7 nitrogen and oxygen atoms in total. The van der Waals surface area contributed by atoms with Crippen LogP contribution < -0.4 is 16.4 Å². The van der Waals surface area contributed by atoms with Crippen molar-refractivity contribution in [2.75, 3.05) is 45.9 Å². The van der Waals surface area contributed by atoms with Gasteiger partial charge in [0, 0.05) is 26.2 Å². The van der Waals surface area contributed by atoms with Crippen molar-refractivity contribution in [2.24, 2.45) is 5.73 Å². The quantitative estimate of drug-likeness (QED) is 0.513. The van der Waals surface area contributed by atoms with Gasteiger partial charge in [0.25, 0.3) is 0 Å². The maximum atomic E-state index is 12.0. The fourth-order valence-electron chi connectivity index (χ4n) is 1.89. The van der Waals surface area contributed by atoms with Crippen molar-refractivity contribution in [3.05, 3.63) is 0 Å². The normalized spacial score (nSPS) is 20.0. The summed E-state index contributed by atoms with van der Waals surface area (Å²) in [5.74, 6) is -0.186. The van der Waals surface area contributed by atoms with Crippen LogP contribution in [0.25, 0.3) is 0 Å². The molecule has 2 amide bonds. The van der Waals surface area contributed by atoms with Crippen molar-refractivity contribution in [2.45, 2.75) is 19.4 Å². The molecule has 0 aromatic heterocycles. The maximum Gasteiger partial charge on any atom is 0.239 e. The van der Waals surface area contributed by atoms with E-state index in [-0.39, 0.29) is 24.4 Å². The largest absolute Gasteiger partial charge is 0.378 e. The van der Waals surface area contributed by atoms with Crippen LogP contribution in [0, 0.1) is 0 Å². The SMILES string of the molecule is CCCNC(=O)C1COCCN1CC(=O)NCCN. The topological polar surface area (TPSA) is 96.7 Å². The van der Waals surface area contributed by atoms with E-state index >= 15 is 0 Å². The summed E-state index contributed by atoms with van der Waals surface area (Å²) in [7, 11) is 0. The number of nitrogens with two attached hydrogens (primary N) is 1. The van der Waals surface area contributed by atoms with E-state index in [0.29, 0.717) is 39.4 Å². The monoisotopic (exact) mass is 272 g/mol. The summed E-state index contributed by atoms with van der Waals surface area (Å²) in [6.45, 7) is 5.17. The molecule has 1 atom stereocenters. The number of ether oxygens (including phenoxy) is 1. The van der Waals surface area contributed by atoms with Crippen LogP contribution in [0.15, 0.2) is 0 Å². The minimum Gasteiger partial charge on any atom is -0.378 e. The average molecular weight is 272 g/mol. The lowest BCUT2D eigenvalue weighted by Crippen LogP contribution is -2.56. The molecular weight excluding hydrogens is 248 g/mol. The summed E-state index contributed by atoms with van der Waals surface area (Å²) in [6.07, 6.45) is 0.885. The van der Waals surface area contributed by atoms with Gasteiger partial charge in [-0.3, -0.25) is 14.5 Å². The van der Waals surface area contributed by atoms with E-state index in [2.05, 4.69) is 10.6 Å². The molecule has 1 aliphatic heterocycles. The molecule has 1 aliphatic rings. The van der Waals surface area contributed by atoms with Gasteiger partial charge in [0.05, 0.1) is 19.8 Å². The van der Waals surface area contributed by atoms with E-state index in [0.717, 1.165) is 6.42 Å². The number of nitrogens with one attached hydrogen (secondary N) is 2. The number of carbonyl (C=O) groups is 2. The van der Waals surface area contributed by atoms with E-state index < -0.39 is 0 Å². The van der Waals surface area contributed by atoms with Crippen LogP contribution >= 0.6 is 0 Å². The van der Waals surface area contributed by atoms with Gasteiger partial charge in [-0.15, -0.1) is 0 Å². The van der Waals surface area contributed by atoms with Gasteiger partial charge in [-0.05, 0) is 6.42 Å². The maximum absolute atomic E-state index is 12.0. The van der Waals surface area contributed by atoms with E-state index in [1.807, 2.05) is 11.8 Å². The molecule has 7 heteroatoms. The van der Waals surface area contributed by atoms with Gasteiger partial charge in [0.2, 0.25) is 11.8 Å². The lowest BCUT2D eigenvalue weighted by Gasteiger charge is -2.33. The number of hydrogen-bond donors (Lipinski definition) is 3. The zero-order valence-corrected chi connectivity index (χ0v) is 11.5. The van der Waals surface area contributed by atoms with E-state index in [1.54, 1.807) is 0 Å². The predicted octanol–water partition coefficient (Wildman–Crippen LogP) is -1.71. The van der Waals surface area contributed by atoms with Crippen molar-refractivity contribution in [1.82, 2.24) is 15.5 Å². The summed E-state index contributed by atoms with van der Waals surface area (Å²) in [5.41, 5.74) is 5.33. The van der Waals surface area contributed by atoms with Gasteiger partial charge in [-0.1, -0.05) is 6.92 Å². The first-order valence-corrected chi connectivity index (χ1v) is 6.75. The van der Waals surface area contributed by atoms with Crippen LogP contribution in [-0.4, -0.2) is 68.7 Å². The van der Waals surface area contributed by atoms with Crippen LogP contribution in [0.4, 0.5) is 0 Å². The molecule has 110 valence electrons. The van der Waals surface area contributed by atoms with Crippen LogP contribution in [0.2, 0.25) is 0 Å². The number of nitrogens with zero attached hydrogens (tertiary/aromatic N) is 1. The first kappa shape index (κ1) is 15.9. The van der Waals surface area contributed by atoms with Gasteiger partial charge in [0.1, 0.15) is 6.04 Å². The summed E-state index contributed by atoms with van der Waals surface area (Å²) >= 11 is 0. The molecule has 19 heavy (non-hydrogen) atoms. The Morgan fingerprint density at radius 2 is 2.16 bits per heavy atom. The van der Waals surface area contributed by atoms with Gasteiger partial charge < -0.3 is 21.1 Å². The smallest absolute Gasteiger partial charge is 0.239 e. The summed E-state index contributed by atoms with van der Waals surface area (Å²) < 4.78 is 5.32. The second-order valence-corrected chi connectivity index (χ2v) is 4.49. The van der Waals surface area contributed by atoms with E-state index in [1.165, 1.54) is 0 Å². The summed E-state index contributed by atoms with van der Waals surface area (Å²) in [5, 5.41) is 5.54. The fraction of sp³-hybridized carbons (Fsp3) is 0.833. The Morgan fingerprint density at radius 3 is 2.84 bits per heavy atom. The molecule has 0 saturated carbocycles. The number of carbonyl (C=O) groups excluding carboxylic acids is 2. The first-order chi connectivity index (χ1) is 9.19. The molecule has 0 aliphatic carbocycles. The number of hydrogen-bond acceptors (Lipinski definition) is 5. The second-order valence-electron chi connectivity index (χ2n) is 4.49. The summed E-state index contributed by atoms with van der Waals surface area (Å²) in [4.78, 5) is 25.5. The highest BCUT2D eigenvalue weighted by Crippen LogP contribution is 2.06. The molecule has 0 bridgehead atoms. The third-order valence-electron chi connectivity index (χ3n) is 2.90. The highest BCUT2D eigenvalue weighted by molar-refractivity contribution is 5.83. The second kappa shape index (κ2) is 8.84. The van der Waals surface area contributed by atoms with Crippen LogP contribution in [0.5, 0.6) is 0 Å². The fourth-order valence-corrected chi connectivity index (χ4v) is 1.89. The standard InChI is InChI=1S/C12H24N4O3/c1-2-4-15-12(18)10-9-19-7-6-16(10)8-11(17)14-5-3-13/h10H,2-9,13H2,1H3,(H,14,17)(H,15,18). The third kappa shape index (κ3) is 5.54.